The molecule has 1 saturated heterocycles. The number of benzene rings is 1. The van der Waals surface area contributed by atoms with E-state index in [9.17, 15) is 14.7 Å². The first kappa shape index (κ1) is 24.1. The Morgan fingerprint density at radius 1 is 1.20 bits per heavy atom. The summed E-state index contributed by atoms with van der Waals surface area (Å²) >= 11 is 0. The lowest BCUT2D eigenvalue weighted by molar-refractivity contribution is -0.300. The molecule has 1 aliphatic heterocycles. The standard InChI is InChI=1S/C22H35N3O5/c1-15(2)11-17(24-21(28)29-30-22(3,4)5)20(27)23-18-13-25(14-19(18)26)12-16-9-7-6-8-10-16/h6-10,15,17-19,26H,11-14H2,1-5H3,(H,23,27)(H,24,28)/t17-,18?,19?/m0/s1. The monoisotopic (exact) mass is 421 g/mol. The van der Waals surface area contributed by atoms with Crippen LogP contribution < -0.4 is 10.6 Å². The molecular weight excluding hydrogens is 386 g/mol. The smallest absolute Gasteiger partial charge is 0.390 e. The minimum atomic E-state index is -0.816. The molecule has 2 unspecified atom stereocenters. The third-order valence-electron chi connectivity index (χ3n) is 4.62. The summed E-state index contributed by atoms with van der Waals surface area (Å²) in [6.45, 7) is 10.9. The molecule has 1 heterocycles. The minimum Gasteiger partial charge on any atom is -0.390 e. The average Bonchev–Trinajstić information content (AvgIpc) is 2.98. The van der Waals surface area contributed by atoms with E-state index in [0.717, 1.165) is 5.56 Å². The van der Waals surface area contributed by atoms with Crippen LogP contribution in [0.5, 0.6) is 0 Å². The number of carbonyl (C=O) groups excluding carboxylic acids is 2. The summed E-state index contributed by atoms with van der Waals surface area (Å²) in [5.41, 5.74) is 0.501. The maximum Gasteiger partial charge on any atom is 0.439 e. The first-order chi connectivity index (χ1) is 14.0. The third kappa shape index (κ3) is 8.30. The molecule has 0 bridgehead atoms. The Hall–Kier alpha value is -2.16. The quantitative estimate of drug-likeness (QED) is 0.440. The largest absolute Gasteiger partial charge is 0.439 e. The van der Waals surface area contributed by atoms with Gasteiger partial charge in [0.05, 0.1) is 12.1 Å². The number of likely N-dealkylation sites (tertiary alicyclic amines) is 1. The normalized spacial score (nSPS) is 20.8. The van der Waals surface area contributed by atoms with Crippen molar-refractivity contribution in [1.29, 1.82) is 0 Å². The van der Waals surface area contributed by atoms with Crippen molar-refractivity contribution in [2.45, 2.75) is 71.4 Å². The highest BCUT2D eigenvalue weighted by Gasteiger charge is 2.34. The fourth-order valence-electron chi connectivity index (χ4n) is 3.29. The van der Waals surface area contributed by atoms with Gasteiger partial charge >= 0.3 is 6.09 Å². The number of aliphatic hydroxyl groups excluding tert-OH is 1. The van der Waals surface area contributed by atoms with Crippen LogP contribution in [0.2, 0.25) is 0 Å². The zero-order valence-corrected chi connectivity index (χ0v) is 18.6. The van der Waals surface area contributed by atoms with Gasteiger partial charge in [0.25, 0.3) is 0 Å². The predicted octanol–water partition coefficient (Wildman–Crippen LogP) is 2.22. The number of β-amino-alcohol motifs (C(OH)–C–C–N with tert-alkyl or cyclic N) is 1. The minimum absolute atomic E-state index is 0.174. The second kappa shape index (κ2) is 10.7. The molecule has 3 N–H and O–H groups in total. The first-order valence-electron chi connectivity index (χ1n) is 10.4. The van der Waals surface area contributed by atoms with Gasteiger partial charge < -0.3 is 15.7 Å². The first-order valence-corrected chi connectivity index (χ1v) is 10.4. The lowest BCUT2D eigenvalue weighted by Crippen LogP contribution is -2.53. The molecule has 1 aromatic rings. The molecule has 8 nitrogen and oxygen atoms in total. The highest BCUT2D eigenvalue weighted by atomic mass is 17.2. The van der Waals surface area contributed by atoms with E-state index in [4.69, 9.17) is 9.78 Å². The Kier molecular flexibility index (Phi) is 8.64. The van der Waals surface area contributed by atoms with Crippen LogP contribution in [-0.4, -0.2) is 58.9 Å². The zero-order valence-electron chi connectivity index (χ0n) is 18.6. The fraction of sp³-hybridized carbons (Fsp3) is 0.636. The summed E-state index contributed by atoms with van der Waals surface area (Å²) in [6.07, 6.45) is -1.05. The van der Waals surface area contributed by atoms with Crippen LogP contribution in [0.15, 0.2) is 30.3 Å². The number of hydrogen-bond donors (Lipinski definition) is 3. The number of amides is 2. The van der Waals surface area contributed by atoms with E-state index in [1.54, 1.807) is 20.8 Å². The molecule has 168 valence electrons. The summed E-state index contributed by atoms with van der Waals surface area (Å²) in [5.74, 6) is -0.172. The van der Waals surface area contributed by atoms with Crippen LogP contribution in [0.3, 0.4) is 0 Å². The maximum atomic E-state index is 12.8. The van der Waals surface area contributed by atoms with E-state index in [1.165, 1.54) is 0 Å². The summed E-state index contributed by atoms with van der Waals surface area (Å²) in [4.78, 5) is 36.7. The van der Waals surface area contributed by atoms with Crippen molar-refractivity contribution < 1.29 is 24.5 Å². The van der Waals surface area contributed by atoms with Gasteiger partial charge in [0.1, 0.15) is 11.6 Å². The van der Waals surface area contributed by atoms with E-state index in [-0.39, 0.29) is 11.8 Å². The molecule has 0 radical (unpaired) electrons. The molecule has 0 aromatic heterocycles. The third-order valence-corrected chi connectivity index (χ3v) is 4.62. The van der Waals surface area contributed by atoms with Gasteiger partial charge in [0, 0.05) is 19.6 Å². The molecule has 0 aliphatic carbocycles. The number of hydrogen-bond acceptors (Lipinski definition) is 6. The highest BCUT2D eigenvalue weighted by molar-refractivity contribution is 5.85. The van der Waals surface area contributed by atoms with Crippen molar-refractivity contribution >= 4 is 12.0 Å². The van der Waals surface area contributed by atoms with Crippen LogP contribution in [0.4, 0.5) is 4.79 Å². The van der Waals surface area contributed by atoms with E-state index in [1.807, 2.05) is 44.2 Å². The van der Waals surface area contributed by atoms with Crippen molar-refractivity contribution in [3.8, 4) is 0 Å². The summed E-state index contributed by atoms with van der Waals surface area (Å²) in [6, 6.07) is 8.80. The van der Waals surface area contributed by atoms with Crippen molar-refractivity contribution in [2.75, 3.05) is 13.1 Å². The van der Waals surface area contributed by atoms with Gasteiger partial charge in [-0.2, -0.15) is 4.89 Å². The Labute approximate surface area is 178 Å². The number of rotatable bonds is 8. The van der Waals surface area contributed by atoms with E-state index in [2.05, 4.69) is 15.5 Å². The van der Waals surface area contributed by atoms with Gasteiger partial charge in [0.2, 0.25) is 5.91 Å². The van der Waals surface area contributed by atoms with E-state index < -0.39 is 29.9 Å². The molecule has 2 amide bonds. The highest BCUT2D eigenvalue weighted by Crippen LogP contribution is 2.15. The molecule has 0 spiro atoms. The van der Waals surface area contributed by atoms with Crippen molar-refractivity contribution in [3.05, 3.63) is 35.9 Å². The Morgan fingerprint density at radius 2 is 1.87 bits per heavy atom. The second-order valence-electron chi connectivity index (χ2n) is 9.26. The van der Waals surface area contributed by atoms with Crippen LogP contribution in [0.25, 0.3) is 0 Å². The van der Waals surface area contributed by atoms with Crippen LogP contribution in [0.1, 0.15) is 46.6 Å². The van der Waals surface area contributed by atoms with Gasteiger partial charge in [0.15, 0.2) is 0 Å². The SMILES string of the molecule is CC(C)C[C@H](NC(=O)OOC(C)(C)C)C(=O)NC1CN(Cc2ccccc2)CC1O. The van der Waals surface area contributed by atoms with Gasteiger partial charge in [-0.1, -0.05) is 44.2 Å². The molecule has 2 rings (SSSR count). The van der Waals surface area contributed by atoms with Crippen LogP contribution >= 0.6 is 0 Å². The predicted molar refractivity (Wildman–Crippen MR) is 113 cm³/mol. The Bertz CT molecular complexity index is 690. The van der Waals surface area contributed by atoms with Gasteiger partial charge in [-0.3, -0.25) is 14.6 Å². The summed E-state index contributed by atoms with van der Waals surface area (Å²) in [5, 5.41) is 15.9. The van der Waals surface area contributed by atoms with Crippen LogP contribution in [0, 0.1) is 5.92 Å². The van der Waals surface area contributed by atoms with E-state index >= 15 is 0 Å². The number of aliphatic hydroxyl groups is 1. The van der Waals surface area contributed by atoms with Gasteiger partial charge in [-0.05, 0) is 38.7 Å². The van der Waals surface area contributed by atoms with Gasteiger partial charge in [-0.15, -0.1) is 0 Å². The second-order valence-corrected chi connectivity index (χ2v) is 9.26. The molecule has 1 aromatic carbocycles. The topological polar surface area (TPSA) is 100 Å². The molecule has 30 heavy (non-hydrogen) atoms. The van der Waals surface area contributed by atoms with Crippen molar-refractivity contribution in [2.24, 2.45) is 5.92 Å². The number of nitrogens with zero attached hydrogens (tertiary/aromatic N) is 1. The molecule has 1 fully saturated rings. The number of nitrogens with one attached hydrogen (secondary N) is 2. The Morgan fingerprint density at radius 3 is 2.47 bits per heavy atom. The molecule has 0 saturated carbocycles. The number of carbonyl (C=O) groups is 2. The van der Waals surface area contributed by atoms with Crippen LogP contribution in [-0.2, 0) is 21.1 Å². The fourth-order valence-corrected chi connectivity index (χ4v) is 3.29. The lowest BCUT2D eigenvalue weighted by atomic mass is 10.0. The zero-order chi connectivity index (χ0) is 22.3. The average molecular weight is 422 g/mol. The molecular formula is C22H35N3O5. The molecule has 3 atom stereocenters. The molecule has 1 aliphatic rings. The van der Waals surface area contributed by atoms with E-state index in [0.29, 0.717) is 26.1 Å². The summed E-state index contributed by atoms with van der Waals surface area (Å²) < 4.78 is 0. The lowest BCUT2D eigenvalue weighted by Gasteiger charge is -2.24. The van der Waals surface area contributed by atoms with Gasteiger partial charge in [-0.25, -0.2) is 4.79 Å². The molecule has 8 heteroatoms. The van der Waals surface area contributed by atoms with Crippen molar-refractivity contribution in [1.82, 2.24) is 15.5 Å². The maximum absolute atomic E-state index is 12.8. The Balaban J connectivity index is 1.91. The summed E-state index contributed by atoms with van der Waals surface area (Å²) in [7, 11) is 0. The van der Waals surface area contributed by atoms with Crippen molar-refractivity contribution in [3.63, 3.8) is 0 Å².